The van der Waals surface area contributed by atoms with Crippen molar-refractivity contribution in [1.82, 2.24) is 15.6 Å². The van der Waals surface area contributed by atoms with Gasteiger partial charge in [0, 0.05) is 78.3 Å². The molecule has 1 spiro atoms. The Bertz CT molecular complexity index is 3830. The van der Waals surface area contributed by atoms with Crippen molar-refractivity contribution in [1.29, 1.82) is 0 Å². The van der Waals surface area contributed by atoms with Gasteiger partial charge < -0.3 is 61.4 Å². The van der Waals surface area contributed by atoms with Gasteiger partial charge in [0.2, 0.25) is 0 Å². The minimum absolute atomic E-state index is 0.0538. The summed E-state index contributed by atoms with van der Waals surface area (Å²) in [6.45, 7) is 7.92. The van der Waals surface area contributed by atoms with Crippen molar-refractivity contribution in [3.05, 3.63) is 171 Å². The zero-order valence-corrected chi connectivity index (χ0v) is 55.3. The number of aliphatic hydroxyl groups is 4. The number of fused-ring (bicyclic) bond motifs is 10. The highest BCUT2D eigenvalue weighted by Crippen LogP contribution is 2.52. The van der Waals surface area contributed by atoms with Crippen molar-refractivity contribution in [2.24, 2.45) is 41.4 Å². The summed E-state index contributed by atoms with van der Waals surface area (Å²) < 4.78 is 5.72. The van der Waals surface area contributed by atoms with Gasteiger partial charge in [-0.25, -0.2) is 0 Å². The number of carbonyl (C=O) groups excluding carboxylic acids is 2. The van der Waals surface area contributed by atoms with Gasteiger partial charge in [-0.05, 0) is 211 Å². The molecule has 94 heavy (non-hydrogen) atoms. The Kier molecular flexibility index (Phi) is 20.8. The van der Waals surface area contributed by atoms with E-state index in [1.165, 1.54) is 7.11 Å². The summed E-state index contributed by atoms with van der Waals surface area (Å²) in [4.78, 5) is 34.1. The highest BCUT2D eigenvalue weighted by atomic mass is 16.5. The molecule has 9 bridgehead atoms. The van der Waals surface area contributed by atoms with Crippen LogP contribution in [0.15, 0.2) is 121 Å². The van der Waals surface area contributed by atoms with Gasteiger partial charge in [-0.2, -0.15) is 0 Å². The number of β-amino-alcohol motifs (C(OH)–C–C–N with tert-alkyl or cyclic N) is 1. The van der Waals surface area contributed by atoms with Gasteiger partial charge >= 0.3 is 0 Å². The minimum Gasteiger partial charge on any atom is -0.508 e. The van der Waals surface area contributed by atoms with E-state index < -0.39 is 53.0 Å². The number of nitrogens with one attached hydrogen (secondary N) is 4. The number of anilines is 1. The Hall–Kier alpha value is -7.38. The van der Waals surface area contributed by atoms with Crippen LogP contribution >= 0.6 is 0 Å². The number of Topliss-reactive ketones (excluding diaryl/α,β-unsaturated/α-hetero) is 2. The second-order valence-electron chi connectivity index (χ2n) is 28.8. The topological polar surface area (TPSA) is 237 Å². The van der Waals surface area contributed by atoms with Crippen molar-refractivity contribution in [3.63, 3.8) is 0 Å². The summed E-state index contributed by atoms with van der Waals surface area (Å²) in [5, 5.41) is 94.1. The highest BCUT2D eigenvalue weighted by Gasteiger charge is 2.50. The molecule has 14 nitrogen and oxygen atoms in total. The van der Waals surface area contributed by atoms with Crippen LogP contribution < -0.4 is 20.7 Å². The van der Waals surface area contributed by atoms with E-state index in [0.29, 0.717) is 80.1 Å². The number of aromatic hydroxyl groups is 3. The molecule has 14 heteroatoms. The molecule has 6 aromatic rings. The van der Waals surface area contributed by atoms with E-state index in [4.69, 9.17) is 4.74 Å². The van der Waals surface area contributed by atoms with Gasteiger partial charge in [0.05, 0.1) is 31.8 Å². The molecule has 2 aliphatic heterocycles. The number of allylic oxidation sites excluding steroid dienone is 2. The third-order valence-electron chi connectivity index (χ3n) is 22.9. The molecule has 3 saturated carbocycles. The molecular weight excluding hydrogens is 1180 g/mol. The van der Waals surface area contributed by atoms with Crippen molar-refractivity contribution in [2.75, 3.05) is 32.1 Å². The number of hydrogen-bond donors (Lipinski definition) is 11. The molecule has 5 aromatic carbocycles. The number of methoxy groups -OCH3 is 1. The molecule has 11 N–H and O–H groups in total. The summed E-state index contributed by atoms with van der Waals surface area (Å²) in [5.41, 5.74) is 9.26. The number of carbonyl (C=O) groups is 2. The lowest BCUT2D eigenvalue weighted by Crippen LogP contribution is -2.48. The van der Waals surface area contributed by atoms with Gasteiger partial charge in [0.1, 0.15) is 17.3 Å². The van der Waals surface area contributed by atoms with E-state index in [1.54, 1.807) is 18.2 Å². The number of ether oxygens (including phenoxy) is 1. The molecule has 0 radical (unpaired) electrons. The minimum atomic E-state index is -1.89. The number of phenols is 3. The maximum absolute atomic E-state index is 15.7. The predicted molar refractivity (Wildman–Crippen MR) is 369 cm³/mol. The molecule has 6 aliphatic rings. The maximum atomic E-state index is 15.7. The maximum Gasteiger partial charge on any atom is 0.173 e. The van der Waals surface area contributed by atoms with Crippen molar-refractivity contribution in [2.45, 2.75) is 184 Å². The van der Waals surface area contributed by atoms with Crippen LogP contribution in [0.25, 0.3) is 10.8 Å². The first kappa shape index (κ1) is 66.6. The number of aryl methyl sites for hydroxylation is 1. The van der Waals surface area contributed by atoms with E-state index in [2.05, 4.69) is 96.2 Å². The summed E-state index contributed by atoms with van der Waals surface area (Å²) in [5.74, 6) is 6.17. The molecule has 0 saturated heterocycles. The summed E-state index contributed by atoms with van der Waals surface area (Å²) in [6, 6.07) is 29.6. The lowest BCUT2D eigenvalue weighted by Gasteiger charge is -2.46. The van der Waals surface area contributed by atoms with Crippen molar-refractivity contribution < 1.29 is 50.1 Å². The van der Waals surface area contributed by atoms with Gasteiger partial charge in [0.25, 0.3) is 0 Å². The molecule has 4 aliphatic carbocycles. The first-order valence-electron chi connectivity index (χ1n) is 35.1. The van der Waals surface area contributed by atoms with E-state index >= 15 is 4.79 Å². The number of rotatable bonds is 8. The quantitative estimate of drug-likeness (QED) is 0.0503. The van der Waals surface area contributed by atoms with Crippen LogP contribution in [-0.2, 0) is 40.9 Å². The lowest BCUT2D eigenvalue weighted by atomic mass is 9.61. The van der Waals surface area contributed by atoms with E-state index in [0.717, 1.165) is 126 Å². The van der Waals surface area contributed by atoms with Crippen LogP contribution in [0, 0.1) is 53.3 Å². The first-order valence-corrected chi connectivity index (χ1v) is 35.1. The Morgan fingerprint density at radius 1 is 0.777 bits per heavy atom. The summed E-state index contributed by atoms with van der Waals surface area (Å²) in [7, 11) is 1.50. The SMILES string of the molecule is CCCC1C2CC(CC3=CCNC(=C3)Nc3ccc4ccc(c(O)c4c3)CC(O)CNCC(C)c3c[nH]c(c3)C3(CCCCC3)C1O)CC1C#CC(c3ccccc3C3CCC(Cc4cccc(O)c4CO)C(C)C3)c3cc(O)c(OC)cc3CCC(=O)C(O)C(=O)C1C2. The second-order valence-corrected chi connectivity index (χ2v) is 28.8. The number of benzene rings is 5. The monoisotopic (exact) mass is 1270 g/mol. The normalized spacial score (nSPS) is 28.7. The van der Waals surface area contributed by atoms with Gasteiger partial charge in [-0.1, -0.05) is 119 Å². The second kappa shape index (κ2) is 29.3. The van der Waals surface area contributed by atoms with Crippen LogP contribution in [0.3, 0.4) is 0 Å². The number of aliphatic hydroxyl groups excluding tert-OH is 4. The van der Waals surface area contributed by atoms with E-state index in [-0.39, 0.29) is 78.5 Å². The molecule has 12 rings (SSSR count). The fourth-order valence-electron chi connectivity index (χ4n) is 17.7. The largest absolute Gasteiger partial charge is 0.508 e. The first-order chi connectivity index (χ1) is 45.5. The van der Waals surface area contributed by atoms with Gasteiger partial charge in [-0.3, -0.25) is 9.59 Å². The number of hydrogen-bond acceptors (Lipinski definition) is 13. The standard InChI is InChI=1S/C80H98N4O10/c1-5-12-63-58-34-50(32-49-27-30-82-75(35-49)84-60-24-21-51-17-20-57(76(90)68(51)41-60)37-61(86)45-81-43-48(3)59-40-74(83-44-59)80(79(63)93)28-9-6-10-29-80)33-55-22-25-65(66-42-72(89)73(94-4)39-56(66)23-26-71(88)78(92)77(91)67(55)38-58)64-15-8-7-14-62(64)54-19-18-52(47(2)31-54)36-53-13-11-16-70(87)69(53)46-85/h7-8,11,13-17,20-21,24,27,35,39-42,44,47-48,50,52,54-55,58,61,63,65,67,78-79,81-87,89-90,92-93H,5-6,9-10,12,18-19,23,26,28-34,36-38,43,45-46H2,1-4H3. The molecule has 3 heterocycles. The Morgan fingerprint density at radius 2 is 1.59 bits per heavy atom. The molecule has 13 atom stereocenters. The number of dihydropyridines is 1. The molecular formula is C80H98N4O10. The summed E-state index contributed by atoms with van der Waals surface area (Å²) >= 11 is 0. The van der Waals surface area contributed by atoms with Gasteiger partial charge in [0.15, 0.2) is 29.2 Å². The Morgan fingerprint density at radius 3 is 2.37 bits per heavy atom. The van der Waals surface area contributed by atoms with Crippen molar-refractivity contribution >= 4 is 28.0 Å². The third kappa shape index (κ3) is 14.1. The van der Waals surface area contributed by atoms with Crippen LogP contribution in [0.1, 0.15) is 185 Å². The smallest absolute Gasteiger partial charge is 0.173 e. The molecule has 1 aromatic heterocycles. The number of H-pyrrole nitrogens is 1. The fourth-order valence-corrected chi connectivity index (χ4v) is 17.7. The Labute approximate surface area is 554 Å². The van der Waals surface area contributed by atoms with Crippen LogP contribution in [-0.4, -0.2) is 97.4 Å². The molecule has 498 valence electrons. The summed E-state index contributed by atoms with van der Waals surface area (Å²) in [6.07, 6.45) is 15.1. The fraction of sp³-hybridized carbons (Fsp3) is 0.500. The lowest BCUT2D eigenvalue weighted by molar-refractivity contribution is -0.142. The third-order valence-corrected chi connectivity index (χ3v) is 22.9. The molecule has 0 amide bonds. The molecule has 13 unspecified atom stereocenters. The zero-order valence-electron chi connectivity index (χ0n) is 55.3. The predicted octanol–water partition coefficient (Wildman–Crippen LogP) is 12.9. The average Bonchev–Trinajstić information content (AvgIpc) is 1.36. The number of aromatic amines is 1. The van der Waals surface area contributed by atoms with Crippen LogP contribution in [0.2, 0.25) is 0 Å². The van der Waals surface area contributed by atoms with E-state index in [1.807, 2.05) is 48.5 Å². The number of phenolic OH excluding ortho intramolecular Hbond substituents is 2. The van der Waals surface area contributed by atoms with E-state index in [9.17, 15) is 40.5 Å². The van der Waals surface area contributed by atoms with Crippen LogP contribution in [0.5, 0.6) is 23.0 Å². The van der Waals surface area contributed by atoms with Gasteiger partial charge in [-0.15, -0.1) is 0 Å². The molecule has 3 fully saturated rings. The number of aromatic nitrogens is 1. The van der Waals surface area contributed by atoms with Crippen LogP contribution in [0.4, 0.5) is 5.69 Å². The van der Waals surface area contributed by atoms with Crippen molar-refractivity contribution in [3.8, 4) is 34.8 Å². The number of ketones is 2. The zero-order chi connectivity index (χ0) is 65.8. The highest BCUT2D eigenvalue weighted by molar-refractivity contribution is 6.06. The Balaban J connectivity index is 0.971. The average molecular weight is 1280 g/mol.